The lowest BCUT2D eigenvalue weighted by Gasteiger charge is -2.38. The Labute approximate surface area is 124 Å². The molecule has 3 aromatic rings. The number of para-hydroxylation sites is 1. The van der Waals surface area contributed by atoms with Crippen LogP contribution < -0.4 is 0 Å². The maximum absolute atomic E-state index is 10.9. The summed E-state index contributed by atoms with van der Waals surface area (Å²) >= 11 is 0. The summed E-state index contributed by atoms with van der Waals surface area (Å²) in [4.78, 5) is 4.81. The fourth-order valence-corrected chi connectivity index (χ4v) is 3.34. The molecular weight excluding hydrogens is 258 g/mol. The van der Waals surface area contributed by atoms with Crippen molar-refractivity contribution in [2.24, 2.45) is 0 Å². The molecular formula is C19H17NO. The minimum atomic E-state index is -0.542. The molecule has 104 valence electrons. The van der Waals surface area contributed by atoms with Gasteiger partial charge in [-0.25, -0.2) is 4.98 Å². The van der Waals surface area contributed by atoms with Crippen molar-refractivity contribution in [2.45, 2.75) is 25.4 Å². The Morgan fingerprint density at radius 2 is 1.71 bits per heavy atom. The molecule has 1 unspecified atom stereocenters. The van der Waals surface area contributed by atoms with E-state index in [2.05, 4.69) is 32.0 Å². The van der Waals surface area contributed by atoms with Gasteiger partial charge in [-0.15, -0.1) is 0 Å². The van der Waals surface area contributed by atoms with Crippen LogP contribution in [0.25, 0.3) is 22.2 Å². The average Bonchev–Trinajstić information content (AvgIpc) is 2.52. The van der Waals surface area contributed by atoms with Crippen LogP contribution in [-0.2, 0) is 5.41 Å². The topological polar surface area (TPSA) is 33.1 Å². The maximum Gasteiger partial charge on any atom is 0.0902 e. The molecule has 2 nitrogen and oxygen atoms in total. The van der Waals surface area contributed by atoms with Crippen LogP contribution in [0.1, 0.15) is 31.1 Å². The molecule has 1 aliphatic rings. The third-order valence-electron chi connectivity index (χ3n) is 4.61. The van der Waals surface area contributed by atoms with Crippen LogP contribution in [0.5, 0.6) is 0 Å². The van der Waals surface area contributed by atoms with Crippen molar-refractivity contribution in [1.82, 2.24) is 4.98 Å². The van der Waals surface area contributed by atoms with Crippen LogP contribution in [0.15, 0.2) is 54.6 Å². The molecule has 0 aliphatic heterocycles. The number of hydrogen-bond acceptors (Lipinski definition) is 2. The average molecular weight is 275 g/mol. The zero-order valence-electron chi connectivity index (χ0n) is 12.2. The Hall–Kier alpha value is -2.19. The van der Waals surface area contributed by atoms with E-state index in [1.54, 1.807) is 0 Å². The fraction of sp³-hybridized carbons (Fsp3) is 0.211. The van der Waals surface area contributed by atoms with E-state index in [-0.39, 0.29) is 5.41 Å². The van der Waals surface area contributed by atoms with Gasteiger partial charge in [0.2, 0.25) is 0 Å². The summed E-state index contributed by atoms with van der Waals surface area (Å²) in [5, 5.41) is 11.9. The van der Waals surface area contributed by atoms with E-state index in [9.17, 15) is 5.11 Å². The summed E-state index contributed by atoms with van der Waals surface area (Å²) in [5.74, 6) is 0. The second kappa shape index (κ2) is 4.15. The van der Waals surface area contributed by atoms with Gasteiger partial charge in [0, 0.05) is 21.9 Å². The molecule has 4 rings (SSSR count). The fourth-order valence-electron chi connectivity index (χ4n) is 3.34. The molecule has 0 fully saturated rings. The van der Waals surface area contributed by atoms with Crippen LogP contribution in [0.2, 0.25) is 0 Å². The SMILES string of the molecule is CC1(C)c2ccccc2-c2nc3ccccc3cc2C1O. The van der Waals surface area contributed by atoms with E-state index < -0.39 is 6.10 Å². The van der Waals surface area contributed by atoms with Crippen molar-refractivity contribution >= 4 is 10.9 Å². The quantitative estimate of drug-likeness (QED) is 0.666. The molecule has 0 spiro atoms. The number of aliphatic hydroxyl groups excluding tert-OH is 1. The smallest absolute Gasteiger partial charge is 0.0902 e. The second-order valence-corrected chi connectivity index (χ2v) is 6.29. The van der Waals surface area contributed by atoms with Crippen LogP contribution in [-0.4, -0.2) is 10.1 Å². The van der Waals surface area contributed by atoms with Crippen LogP contribution in [0.3, 0.4) is 0 Å². The summed E-state index contributed by atoms with van der Waals surface area (Å²) in [6.45, 7) is 4.18. The molecule has 1 heterocycles. The number of fused-ring (bicyclic) bond motifs is 4. The molecule has 0 saturated heterocycles. The zero-order chi connectivity index (χ0) is 14.6. The largest absolute Gasteiger partial charge is 0.387 e. The molecule has 1 atom stereocenters. The number of nitrogens with zero attached hydrogens (tertiary/aromatic N) is 1. The lowest BCUT2D eigenvalue weighted by Crippen LogP contribution is -2.31. The highest BCUT2D eigenvalue weighted by Crippen LogP contribution is 2.48. The molecule has 0 radical (unpaired) electrons. The highest BCUT2D eigenvalue weighted by molar-refractivity contribution is 5.85. The van der Waals surface area contributed by atoms with Gasteiger partial charge in [-0.2, -0.15) is 0 Å². The van der Waals surface area contributed by atoms with Crippen LogP contribution >= 0.6 is 0 Å². The number of rotatable bonds is 0. The van der Waals surface area contributed by atoms with Crippen LogP contribution in [0, 0.1) is 0 Å². The van der Waals surface area contributed by atoms with Crippen LogP contribution in [0.4, 0.5) is 0 Å². The molecule has 1 N–H and O–H groups in total. The first kappa shape index (κ1) is 12.5. The summed E-state index contributed by atoms with van der Waals surface area (Å²) in [6.07, 6.45) is -0.542. The van der Waals surface area contributed by atoms with Crippen molar-refractivity contribution in [3.63, 3.8) is 0 Å². The molecule has 0 bridgehead atoms. The van der Waals surface area contributed by atoms with Crippen molar-refractivity contribution in [2.75, 3.05) is 0 Å². The molecule has 21 heavy (non-hydrogen) atoms. The number of benzene rings is 2. The lowest BCUT2D eigenvalue weighted by atomic mass is 9.69. The van der Waals surface area contributed by atoms with Gasteiger partial charge in [-0.1, -0.05) is 56.3 Å². The van der Waals surface area contributed by atoms with Gasteiger partial charge < -0.3 is 5.11 Å². The van der Waals surface area contributed by atoms with E-state index >= 15 is 0 Å². The Morgan fingerprint density at radius 3 is 2.57 bits per heavy atom. The van der Waals surface area contributed by atoms with E-state index in [1.165, 1.54) is 0 Å². The molecule has 0 saturated carbocycles. The summed E-state index contributed by atoms with van der Waals surface area (Å²) in [6, 6.07) is 18.4. The molecule has 1 aliphatic carbocycles. The van der Waals surface area contributed by atoms with E-state index in [4.69, 9.17) is 4.98 Å². The second-order valence-electron chi connectivity index (χ2n) is 6.29. The third-order valence-corrected chi connectivity index (χ3v) is 4.61. The molecule has 2 heteroatoms. The minimum absolute atomic E-state index is 0.312. The standard InChI is InChI=1S/C19H17NO/c1-19(2)15-9-5-4-8-13(15)17-14(18(19)21)11-12-7-3-6-10-16(12)20-17/h3-11,18,21H,1-2H3. The zero-order valence-corrected chi connectivity index (χ0v) is 12.2. The summed E-state index contributed by atoms with van der Waals surface area (Å²) in [5.41, 5.74) is 4.79. The van der Waals surface area contributed by atoms with Crippen molar-refractivity contribution in [1.29, 1.82) is 0 Å². The van der Waals surface area contributed by atoms with Gasteiger partial charge in [0.15, 0.2) is 0 Å². The first-order chi connectivity index (χ1) is 10.1. The Balaban J connectivity index is 2.12. The van der Waals surface area contributed by atoms with Gasteiger partial charge in [0.1, 0.15) is 0 Å². The van der Waals surface area contributed by atoms with Gasteiger partial charge in [0.25, 0.3) is 0 Å². The number of aliphatic hydroxyl groups is 1. The predicted octanol–water partition coefficient (Wildman–Crippen LogP) is 4.23. The first-order valence-corrected chi connectivity index (χ1v) is 7.26. The highest BCUT2D eigenvalue weighted by Gasteiger charge is 2.39. The van der Waals surface area contributed by atoms with Gasteiger partial charge >= 0.3 is 0 Å². The Morgan fingerprint density at radius 1 is 1.00 bits per heavy atom. The summed E-state index contributed by atoms with van der Waals surface area (Å²) < 4.78 is 0. The van der Waals surface area contributed by atoms with E-state index in [0.717, 1.165) is 33.3 Å². The van der Waals surface area contributed by atoms with Gasteiger partial charge in [-0.3, -0.25) is 0 Å². The Kier molecular flexibility index (Phi) is 2.48. The molecule has 2 aromatic carbocycles. The number of hydrogen-bond donors (Lipinski definition) is 1. The minimum Gasteiger partial charge on any atom is -0.387 e. The highest BCUT2D eigenvalue weighted by atomic mass is 16.3. The monoisotopic (exact) mass is 275 g/mol. The van der Waals surface area contributed by atoms with Gasteiger partial charge in [-0.05, 0) is 17.7 Å². The Bertz CT molecular complexity index is 851. The number of pyridine rings is 1. The van der Waals surface area contributed by atoms with E-state index in [1.807, 2.05) is 36.4 Å². The van der Waals surface area contributed by atoms with Crippen molar-refractivity contribution in [3.05, 3.63) is 65.7 Å². The normalized spacial score (nSPS) is 19.1. The van der Waals surface area contributed by atoms with Crippen molar-refractivity contribution in [3.8, 4) is 11.3 Å². The predicted molar refractivity (Wildman–Crippen MR) is 85.2 cm³/mol. The first-order valence-electron chi connectivity index (χ1n) is 7.26. The van der Waals surface area contributed by atoms with E-state index in [0.29, 0.717) is 0 Å². The van der Waals surface area contributed by atoms with Gasteiger partial charge in [0.05, 0.1) is 17.3 Å². The summed E-state index contributed by atoms with van der Waals surface area (Å²) in [7, 11) is 0. The maximum atomic E-state index is 10.9. The molecule has 0 amide bonds. The van der Waals surface area contributed by atoms with Crippen molar-refractivity contribution < 1.29 is 5.11 Å². The number of aromatic nitrogens is 1. The molecule has 1 aromatic heterocycles. The third kappa shape index (κ3) is 1.66. The lowest BCUT2D eigenvalue weighted by molar-refractivity contribution is 0.0983.